The number of anilines is 2. The fourth-order valence-electron chi connectivity index (χ4n) is 3.85. The van der Waals surface area contributed by atoms with Crippen LogP contribution in [0.2, 0.25) is 0 Å². The summed E-state index contributed by atoms with van der Waals surface area (Å²) < 4.78 is 13.0. The average Bonchev–Trinajstić information content (AvgIpc) is 3.24. The summed E-state index contributed by atoms with van der Waals surface area (Å²) in [6, 6.07) is 10.9. The fraction of sp³-hybridized carbons (Fsp3) is 0.333. The second-order valence-corrected chi connectivity index (χ2v) is 7.19. The monoisotopic (exact) mass is 418 g/mol. The molecular formula is C21H24ClFN4O2. The zero-order valence-electron chi connectivity index (χ0n) is 15.9. The van der Waals surface area contributed by atoms with Crippen LogP contribution < -0.4 is 16.0 Å². The standard InChI is InChI=1S/C21H23FN4O2.ClH/c22-15-6-8-16(9-7-15)24-21(28)25-18-4-1-3-14-13-26(12-10-17(14)18)20(27)19-5-2-11-23-19;/h1,3-4,6-9,19,23H,2,5,10-13H2,(H2,24,25,28);1H. The van der Waals surface area contributed by atoms with Crippen molar-refractivity contribution in [2.45, 2.75) is 31.8 Å². The highest BCUT2D eigenvalue weighted by molar-refractivity contribution is 6.00. The number of fused-ring (bicyclic) bond motifs is 1. The molecule has 2 aromatic rings. The molecule has 1 atom stereocenters. The number of nitrogens with one attached hydrogen (secondary N) is 3. The SMILES string of the molecule is Cl.O=C(Nc1ccc(F)cc1)Nc1cccc2c1CCN(C(=O)C1CCCN1)C2. The molecule has 3 N–H and O–H groups in total. The number of amides is 3. The minimum absolute atomic E-state index is 0. The minimum Gasteiger partial charge on any atom is -0.337 e. The number of carbonyl (C=O) groups is 2. The van der Waals surface area contributed by atoms with Crippen LogP contribution in [0.5, 0.6) is 0 Å². The molecule has 0 saturated carbocycles. The smallest absolute Gasteiger partial charge is 0.323 e. The second kappa shape index (κ2) is 9.24. The largest absolute Gasteiger partial charge is 0.337 e. The van der Waals surface area contributed by atoms with Crippen LogP contribution in [0.1, 0.15) is 24.0 Å². The molecule has 4 rings (SSSR count). The molecule has 2 aromatic carbocycles. The zero-order valence-corrected chi connectivity index (χ0v) is 16.7. The minimum atomic E-state index is -0.381. The molecule has 2 heterocycles. The van der Waals surface area contributed by atoms with Gasteiger partial charge in [0, 0.05) is 24.5 Å². The molecule has 29 heavy (non-hydrogen) atoms. The Morgan fingerprint density at radius 3 is 2.62 bits per heavy atom. The summed E-state index contributed by atoms with van der Waals surface area (Å²) >= 11 is 0. The van der Waals surface area contributed by atoms with Gasteiger partial charge in [-0.3, -0.25) is 4.79 Å². The molecule has 0 aliphatic carbocycles. The third kappa shape index (κ3) is 4.86. The van der Waals surface area contributed by atoms with Crippen LogP contribution in [0.15, 0.2) is 42.5 Å². The van der Waals surface area contributed by atoms with Crippen molar-refractivity contribution in [1.29, 1.82) is 0 Å². The van der Waals surface area contributed by atoms with E-state index in [0.29, 0.717) is 25.2 Å². The molecular weight excluding hydrogens is 395 g/mol. The van der Waals surface area contributed by atoms with E-state index in [1.807, 2.05) is 23.1 Å². The Morgan fingerprint density at radius 2 is 1.90 bits per heavy atom. The molecule has 3 amide bonds. The molecule has 0 bridgehead atoms. The van der Waals surface area contributed by atoms with Gasteiger partial charge in [0.25, 0.3) is 0 Å². The fourth-order valence-corrected chi connectivity index (χ4v) is 3.85. The van der Waals surface area contributed by atoms with E-state index in [9.17, 15) is 14.0 Å². The Morgan fingerprint density at radius 1 is 1.10 bits per heavy atom. The maximum absolute atomic E-state index is 13.0. The van der Waals surface area contributed by atoms with Crippen molar-refractivity contribution in [3.05, 3.63) is 59.4 Å². The van der Waals surface area contributed by atoms with Gasteiger partial charge in [-0.05, 0) is 67.3 Å². The average molecular weight is 419 g/mol. The molecule has 8 heteroatoms. The van der Waals surface area contributed by atoms with E-state index in [2.05, 4.69) is 16.0 Å². The van der Waals surface area contributed by atoms with Crippen molar-refractivity contribution in [3.8, 4) is 0 Å². The maximum atomic E-state index is 13.0. The number of rotatable bonds is 3. The lowest BCUT2D eigenvalue weighted by Gasteiger charge is -2.32. The first-order chi connectivity index (χ1) is 13.6. The third-order valence-corrected chi connectivity index (χ3v) is 5.29. The van der Waals surface area contributed by atoms with Crippen LogP contribution in [0.25, 0.3) is 0 Å². The van der Waals surface area contributed by atoms with E-state index >= 15 is 0 Å². The highest BCUT2D eigenvalue weighted by Gasteiger charge is 2.29. The molecule has 2 aliphatic rings. The highest BCUT2D eigenvalue weighted by atomic mass is 35.5. The summed E-state index contributed by atoms with van der Waals surface area (Å²) in [7, 11) is 0. The molecule has 154 valence electrons. The summed E-state index contributed by atoms with van der Waals surface area (Å²) in [5, 5.41) is 8.83. The van der Waals surface area contributed by atoms with E-state index in [-0.39, 0.29) is 36.2 Å². The summed E-state index contributed by atoms with van der Waals surface area (Å²) in [6.45, 7) is 2.10. The first-order valence-corrected chi connectivity index (χ1v) is 9.56. The van der Waals surface area contributed by atoms with Gasteiger partial charge in [0.2, 0.25) is 5.91 Å². The predicted octanol–water partition coefficient (Wildman–Crippen LogP) is 3.53. The Bertz CT molecular complexity index is 885. The summed E-state index contributed by atoms with van der Waals surface area (Å²) in [4.78, 5) is 26.9. The normalized spacial score (nSPS) is 17.8. The van der Waals surface area contributed by atoms with E-state index in [4.69, 9.17) is 0 Å². The predicted molar refractivity (Wildman–Crippen MR) is 113 cm³/mol. The van der Waals surface area contributed by atoms with Crippen LogP contribution in [0.3, 0.4) is 0 Å². The van der Waals surface area contributed by atoms with Gasteiger partial charge in [-0.1, -0.05) is 12.1 Å². The van der Waals surface area contributed by atoms with Gasteiger partial charge < -0.3 is 20.9 Å². The lowest BCUT2D eigenvalue weighted by molar-refractivity contribution is -0.134. The molecule has 1 fully saturated rings. The molecule has 0 spiro atoms. The number of hydrogen-bond acceptors (Lipinski definition) is 3. The molecule has 2 aliphatic heterocycles. The van der Waals surface area contributed by atoms with Gasteiger partial charge in [0.1, 0.15) is 5.82 Å². The molecule has 0 aromatic heterocycles. The third-order valence-electron chi connectivity index (χ3n) is 5.29. The number of halogens is 2. The Kier molecular flexibility index (Phi) is 6.71. The molecule has 0 radical (unpaired) electrons. The number of carbonyl (C=O) groups excluding carboxylic acids is 2. The van der Waals surface area contributed by atoms with E-state index in [1.165, 1.54) is 24.3 Å². The first-order valence-electron chi connectivity index (χ1n) is 9.56. The van der Waals surface area contributed by atoms with Crippen LogP contribution in [0.4, 0.5) is 20.6 Å². The Balaban J connectivity index is 0.00000240. The molecule has 6 nitrogen and oxygen atoms in total. The summed E-state index contributed by atoms with van der Waals surface area (Å²) in [5.74, 6) is -0.189. The Hall–Kier alpha value is -2.64. The van der Waals surface area contributed by atoms with Gasteiger partial charge >= 0.3 is 6.03 Å². The number of nitrogens with zero attached hydrogens (tertiary/aromatic N) is 1. The van der Waals surface area contributed by atoms with Gasteiger partial charge in [-0.2, -0.15) is 0 Å². The lowest BCUT2D eigenvalue weighted by atomic mass is 9.97. The summed E-state index contributed by atoms with van der Waals surface area (Å²) in [5.41, 5.74) is 3.37. The topological polar surface area (TPSA) is 73.5 Å². The van der Waals surface area contributed by atoms with Crippen molar-refractivity contribution in [3.63, 3.8) is 0 Å². The molecule has 1 saturated heterocycles. The highest BCUT2D eigenvalue weighted by Crippen LogP contribution is 2.27. The van der Waals surface area contributed by atoms with Crippen molar-refractivity contribution >= 4 is 35.7 Å². The van der Waals surface area contributed by atoms with Gasteiger partial charge in [-0.25, -0.2) is 9.18 Å². The van der Waals surface area contributed by atoms with Gasteiger partial charge in [-0.15, -0.1) is 12.4 Å². The van der Waals surface area contributed by atoms with Crippen LogP contribution in [0, 0.1) is 5.82 Å². The molecule has 1 unspecified atom stereocenters. The summed E-state index contributed by atoms with van der Waals surface area (Å²) in [6.07, 6.45) is 2.63. The zero-order chi connectivity index (χ0) is 19.5. The quantitative estimate of drug-likeness (QED) is 0.714. The Labute approximate surface area is 175 Å². The number of urea groups is 1. The van der Waals surface area contributed by atoms with E-state index in [1.54, 1.807) is 0 Å². The van der Waals surface area contributed by atoms with Crippen molar-refractivity contribution in [2.75, 3.05) is 23.7 Å². The van der Waals surface area contributed by atoms with Crippen LogP contribution in [-0.4, -0.2) is 36.0 Å². The maximum Gasteiger partial charge on any atom is 0.323 e. The van der Waals surface area contributed by atoms with Gasteiger partial charge in [0.05, 0.1) is 6.04 Å². The van der Waals surface area contributed by atoms with E-state index < -0.39 is 0 Å². The lowest BCUT2D eigenvalue weighted by Crippen LogP contribution is -2.45. The number of hydrogen-bond donors (Lipinski definition) is 3. The first kappa shape index (κ1) is 21.1. The second-order valence-electron chi connectivity index (χ2n) is 7.19. The van der Waals surface area contributed by atoms with Crippen LogP contribution >= 0.6 is 12.4 Å². The van der Waals surface area contributed by atoms with Crippen molar-refractivity contribution < 1.29 is 14.0 Å². The van der Waals surface area contributed by atoms with Gasteiger partial charge in [0.15, 0.2) is 0 Å². The van der Waals surface area contributed by atoms with E-state index in [0.717, 1.165) is 36.2 Å². The van der Waals surface area contributed by atoms with Crippen molar-refractivity contribution in [2.24, 2.45) is 0 Å². The number of benzene rings is 2. The van der Waals surface area contributed by atoms with Crippen LogP contribution in [-0.2, 0) is 17.8 Å². The van der Waals surface area contributed by atoms with Crippen molar-refractivity contribution in [1.82, 2.24) is 10.2 Å².